The van der Waals surface area contributed by atoms with Crippen molar-refractivity contribution >= 4 is 29.5 Å². The summed E-state index contributed by atoms with van der Waals surface area (Å²) in [6.07, 6.45) is 8.96. The summed E-state index contributed by atoms with van der Waals surface area (Å²) in [5.41, 5.74) is 2.88. The molecular weight excluding hydrogens is 310 g/mol. The summed E-state index contributed by atoms with van der Waals surface area (Å²) in [6, 6.07) is 10.1. The van der Waals surface area contributed by atoms with E-state index < -0.39 is 0 Å². The Kier molecular flexibility index (Phi) is 6.76. The van der Waals surface area contributed by atoms with Crippen molar-refractivity contribution in [2.24, 2.45) is 0 Å². The van der Waals surface area contributed by atoms with Crippen molar-refractivity contribution in [3.8, 4) is 0 Å². The number of nitrogens with zero attached hydrogens (tertiary/aromatic N) is 3. The molecule has 0 radical (unpaired) electrons. The van der Waals surface area contributed by atoms with Crippen molar-refractivity contribution in [2.45, 2.75) is 26.3 Å². The molecule has 0 N–H and O–H groups in total. The summed E-state index contributed by atoms with van der Waals surface area (Å²) < 4.78 is 1.85. The van der Waals surface area contributed by atoms with Gasteiger partial charge in [-0.05, 0) is 37.5 Å². The van der Waals surface area contributed by atoms with Gasteiger partial charge in [0.25, 0.3) is 0 Å². The lowest BCUT2D eigenvalue weighted by atomic mass is 10.2. The highest BCUT2D eigenvalue weighted by atomic mass is 35.5. The number of ketones is 1. The third-order valence-electron chi connectivity index (χ3n) is 3.28. The second-order valence-electron chi connectivity index (χ2n) is 5.15. The number of rotatable bonds is 8. The normalized spacial score (nSPS) is 11.6. The zero-order chi connectivity index (χ0) is 16.5. The first-order chi connectivity index (χ1) is 11.2. The van der Waals surface area contributed by atoms with E-state index in [0.717, 1.165) is 29.8 Å². The predicted molar refractivity (Wildman–Crippen MR) is 94.3 cm³/mol. The number of allylic oxidation sites excluding steroid dienone is 2. The van der Waals surface area contributed by atoms with Gasteiger partial charge < -0.3 is 0 Å². The van der Waals surface area contributed by atoms with E-state index in [-0.39, 0.29) is 5.78 Å². The molecule has 0 atom stereocenters. The molecule has 1 aromatic carbocycles. The smallest absolute Gasteiger partial charge is 0.152 e. The molecule has 0 aliphatic carbocycles. The molecule has 0 saturated carbocycles. The quantitative estimate of drug-likeness (QED) is 0.547. The maximum Gasteiger partial charge on any atom is 0.152 e. The van der Waals surface area contributed by atoms with Crippen LogP contribution in [0.4, 0.5) is 0 Å². The minimum Gasteiger partial charge on any atom is -0.295 e. The fourth-order valence-electron chi connectivity index (χ4n) is 2.16. The van der Waals surface area contributed by atoms with Gasteiger partial charge in [-0.15, -0.1) is 16.7 Å². The molecule has 5 heteroatoms. The summed E-state index contributed by atoms with van der Waals surface area (Å²) >= 11 is 5.80. The van der Waals surface area contributed by atoms with E-state index in [1.165, 1.54) is 13.0 Å². The number of benzene rings is 1. The molecule has 2 rings (SSSR count). The maximum absolute atomic E-state index is 11.1. The number of carbonyl (C=O) groups is 1. The molecule has 0 amide bonds. The first-order valence-electron chi connectivity index (χ1n) is 7.59. The van der Waals surface area contributed by atoms with E-state index in [9.17, 15) is 4.79 Å². The van der Waals surface area contributed by atoms with Crippen molar-refractivity contribution in [2.75, 3.05) is 5.88 Å². The van der Waals surface area contributed by atoms with Gasteiger partial charge in [-0.25, -0.2) is 4.68 Å². The van der Waals surface area contributed by atoms with Crippen molar-refractivity contribution in [1.82, 2.24) is 15.0 Å². The largest absolute Gasteiger partial charge is 0.295 e. The standard InChI is InChI=1S/C18H20ClN3O/c1-15(23)11-12-17-18(10-5-13-19)22(21-20-17)14-6-9-16-7-3-2-4-8-16/h2-4,6-9,11-12H,5,10,13-14H2,1H3/b9-6+,12-11+. The Balaban J connectivity index is 2.13. The Morgan fingerprint density at radius 1 is 1.26 bits per heavy atom. The van der Waals surface area contributed by atoms with Gasteiger partial charge >= 0.3 is 0 Å². The molecule has 120 valence electrons. The number of hydrogen-bond donors (Lipinski definition) is 0. The Labute approximate surface area is 141 Å². The van der Waals surface area contributed by atoms with Crippen molar-refractivity contribution < 1.29 is 4.79 Å². The van der Waals surface area contributed by atoms with Crippen molar-refractivity contribution in [1.29, 1.82) is 0 Å². The van der Waals surface area contributed by atoms with Gasteiger partial charge in [0.1, 0.15) is 5.69 Å². The number of hydrogen-bond acceptors (Lipinski definition) is 3. The summed E-state index contributed by atoms with van der Waals surface area (Å²) in [4.78, 5) is 11.1. The minimum atomic E-state index is -0.00758. The van der Waals surface area contributed by atoms with Crippen LogP contribution in [0.5, 0.6) is 0 Å². The van der Waals surface area contributed by atoms with E-state index in [1.54, 1.807) is 6.08 Å². The van der Waals surface area contributed by atoms with Gasteiger partial charge in [0.15, 0.2) is 5.78 Å². The number of carbonyl (C=O) groups excluding carboxylic acids is 1. The summed E-state index contributed by atoms with van der Waals surface area (Å²) in [5.74, 6) is 0.577. The average Bonchev–Trinajstić information content (AvgIpc) is 2.94. The summed E-state index contributed by atoms with van der Waals surface area (Å²) in [5, 5.41) is 8.35. The van der Waals surface area contributed by atoms with Gasteiger partial charge in [0, 0.05) is 5.88 Å². The Morgan fingerprint density at radius 2 is 2.04 bits per heavy atom. The first kappa shape index (κ1) is 17.2. The van der Waals surface area contributed by atoms with Crippen molar-refractivity contribution in [3.63, 3.8) is 0 Å². The fraction of sp³-hybridized carbons (Fsp3) is 0.278. The van der Waals surface area contributed by atoms with Crippen LogP contribution in [0.2, 0.25) is 0 Å². The molecule has 0 saturated heterocycles. The molecule has 0 aliphatic heterocycles. The van der Waals surface area contributed by atoms with E-state index in [2.05, 4.69) is 16.4 Å². The van der Waals surface area contributed by atoms with Gasteiger partial charge in [-0.2, -0.15) is 0 Å². The molecule has 0 bridgehead atoms. The van der Waals surface area contributed by atoms with Crippen LogP contribution in [0.25, 0.3) is 12.2 Å². The highest BCUT2D eigenvalue weighted by molar-refractivity contribution is 6.17. The Hall–Kier alpha value is -2.20. The van der Waals surface area contributed by atoms with Gasteiger partial charge in [-0.3, -0.25) is 4.79 Å². The zero-order valence-electron chi connectivity index (χ0n) is 13.2. The highest BCUT2D eigenvalue weighted by Gasteiger charge is 2.09. The molecule has 23 heavy (non-hydrogen) atoms. The molecule has 1 aromatic heterocycles. The lowest BCUT2D eigenvalue weighted by molar-refractivity contribution is -0.112. The first-order valence-corrected chi connectivity index (χ1v) is 8.12. The van der Waals surface area contributed by atoms with Crippen LogP contribution in [0.3, 0.4) is 0 Å². The molecule has 2 aromatic rings. The minimum absolute atomic E-state index is 0.00758. The van der Waals surface area contributed by atoms with E-state index in [1.807, 2.05) is 41.1 Å². The van der Waals surface area contributed by atoms with Crippen LogP contribution in [0, 0.1) is 0 Å². The number of alkyl halides is 1. The molecule has 4 nitrogen and oxygen atoms in total. The third-order valence-corrected chi connectivity index (χ3v) is 3.55. The van der Waals surface area contributed by atoms with E-state index in [4.69, 9.17) is 11.6 Å². The molecule has 0 unspecified atom stereocenters. The molecule has 0 aliphatic rings. The van der Waals surface area contributed by atoms with E-state index >= 15 is 0 Å². The topological polar surface area (TPSA) is 47.8 Å². The molecule has 1 heterocycles. The van der Waals surface area contributed by atoms with E-state index in [0.29, 0.717) is 12.4 Å². The van der Waals surface area contributed by atoms with Crippen LogP contribution < -0.4 is 0 Å². The number of aromatic nitrogens is 3. The molecule has 0 fully saturated rings. The fourth-order valence-corrected chi connectivity index (χ4v) is 2.30. The predicted octanol–water partition coefficient (Wildman–Crippen LogP) is 3.77. The highest BCUT2D eigenvalue weighted by Crippen LogP contribution is 2.12. The molecular formula is C18H20ClN3O. The van der Waals surface area contributed by atoms with Crippen LogP contribution >= 0.6 is 11.6 Å². The van der Waals surface area contributed by atoms with Gasteiger partial charge in [-0.1, -0.05) is 47.7 Å². The summed E-state index contributed by atoms with van der Waals surface area (Å²) in [6.45, 7) is 2.15. The van der Waals surface area contributed by atoms with Crippen LogP contribution in [-0.2, 0) is 17.8 Å². The zero-order valence-corrected chi connectivity index (χ0v) is 13.9. The van der Waals surface area contributed by atoms with Crippen LogP contribution in [0.15, 0.2) is 42.5 Å². The lowest BCUT2D eigenvalue weighted by Gasteiger charge is -2.03. The monoisotopic (exact) mass is 329 g/mol. The maximum atomic E-state index is 11.1. The second kappa shape index (κ2) is 9.06. The lowest BCUT2D eigenvalue weighted by Crippen LogP contribution is -2.05. The van der Waals surface area contributed by atoms with Gasteiger partial charge in [0.2, 0.25) is 0 Å². The second-order valence-corrected chi connectivity index (χ2v) is 5.53. The summed E-state index contributed by atoms with van der Waals surface area (Å²) in [7, 11) is 0. The Bertz CT molecular complexity index is 690. The molecule has 0 spiro atoms. The SMILES string of the molecule is CC(=O)/C=C/c1nnn(C/C=C/c2ccccc2)c1CCCCl. The third kappa shape index (κ3) is 5.49. The average molecular weight is 330 g/mol. The van der Waals surface area contributed by atoms with Crippen LogP contribution in [-0.4, -0.2) is 26.7 Å². The van der Waals surface area contributed by atoms with Gasteiger partial charge in [0.05, 0.1) is 12.2 Å². The number of halogens is 1. The van der Waals surface area contributed by atoms with Crippen molar-refractivity contribution in [3.05, 3.63) is 59.4 Å². The Morgan fingerprint density at radius 3 is 2.74 bits per heavy atom. The van der Waals surface area contributed by atoms with Crippen LogP contribution in [0.1, 0.15) is 30.3 Å².